The predicted octanol–water partition coefficient (Wildman–Crippen LogP) is 7.72. The van der Waals surface area contributed by atoms with Crippen molar-refractivity contribution >= 4 is 22.6 Å². The first kappa shape index (κ1) is 31.7. The number of aliphatic hydroxyl groups excluding tert-OH is 1. The van der Waals surface area contributed by atoms with Crippen molar-refractivity contribution in [1.82, 2.24) is 0 Å². The average Bonchev–Trinajstić information content (AvgIpc) is 2.65. The Balaban J connectivity index is 3.54. The van der Waals surface area contributed by atoms with Gasteiger partial charge in [-0.15, -0.1) is 0 Å². The molecule has 1 nitrogen and oxygen atoms in total. The van der Waals surface area contributed by atoms with E-state index in [1.165, 1.54) is 28.7 Å². The molecule has 0 aliphatic carbocycles. The van der Waals surface area contributed by atoms with Crippen LogP contribution in [0, 0.1) is 3.57 Å². The quantitative estimate of drug-likeness (QED) is 0.212. The van der Waals surface area contributed by atoms with Crippen LogP contribution in [0.3, 0.4) is 0 Å². The second-order valence-corrected chi connectivity index (χ2v) is 8.17. The highest BCUT2D eigenvalue weighted by Gasteiger charge is 2.95. The lowest BCUT2D eigenvalue weighted by Crippen LogP contribution is -2.74. The topological polar surface area (TPSA) is 20.2 Å². The molecule has 0 aromatic heterocycles. The van der Waals surface area contributed by atoms with Crippen LogP contribution >= 0.6 is 22.6 Å². The molecule has 1 unspecified atom stereocenters. The molecule has 1 rings (SSSR count). The van der Waals surface area contributed by atoms with Gasteiger partial charge in [0.15, 0.2) is 0 Å². The maximum atomic E-state index is 13.9. The van der Waals surface area contributed by atoms with Gasteiger partial charge in [0.05, 0.1) is 6.10 Å². The summed E-state index contributed by atoms with van der Waals surface area (Å²) in [6, 6.07) is 3.77. The van der Waals surface area contributed by atoms with Gasteiger partial charge in [-0.25, -0.2) is 0 Å². The minimum absolute atomic E-state index is 0.124. The first-order valence-corrected chi connectivity index (χ1v) is 9.36. The van der Waals surface area contributed by atoms with E-state index in [9.17, 15) is 79.7 Å². The van der Waals surface area contributed by atoms with Gasteiger partial charge in [-0.1, -0.05) is 12.1 Å². The molecule has 0 heterocycles. The molecule has 35 heavy (non-hydrogen) atoms. The fraction of sp³-hybridized carbons (Fsp3) is 0.625. The maximum Gasteiger partial charge on any atom is 0.460 e. The molecule has 0 radical (unpaired) electrons. The lowest BCUT2D eigenvalue weighted by Gasteiger charge is -2.43. The molecule has 0 aliphatic rings. The second kappa shape index (κ2) is 8.93. The van der Waals surface area contributed by atoms with Gasteiger partial charge in [0.2, 0.25) is 0 Å². The first-order chi connectivity index (χ1) is 15.1. The van der Waals surface area contributed by atoms with E-state index >= 15 is 0 Å². The van der Waals surface area contributed by atoms with Crippen molar-refractivity contribution < 1.29 is 79.7 Å². The summed E-state index contributed by atoms with van der Waals surface area (Å²) in [5.74, 6) is -56.9. The van der Waals surface area contributed by atoms with Crippen molar-refractivity contribution in [2.24, 2.45) is 0 Å². The molecule has 1 atom stereocenters. The van der Waals surface area contributed by atoms with E-state index < -0.39 is 65.7 Å². The fourth-order valence-electron chi connectivity index (χ4n) is 2.40. The Bertz CT molecular complexity index is 908. The lowest BCUT2D eigenvalue weighted by molar-refractivity contribution is -0.462. The molecular formula is C16H8F17IO. The fourth-order valence-corrected chi connectivity index (χ4v) is 2.97. The molecule has 0 fully saturated rings. The second-order valence-electron chi connectivity index (χ2n) is 6.92. The van der Waals surface area contributed by atoms with Crippen LogP contribution in [0.5, 0.6) is 0 Å². The molecule has 19 heteroatoms. The van der Waals surface area contributed by atoms with E-state index in [4.69, 9.17) is 0 Å². The van der Waals surface area contributed by atoms with Gasteiger partial charge in [-0.2, -0.15) is 74.6 Å². The summed E-state index contributed by atoms with van der Waals surface area (Å²) in [4.78, 5) is 0. The number of benzene rings is 1. The van der Waals surface area contributed by atoms with Gasteiger partial charge in [0, 0.05) is 9.99 Å². The van der Waals surface area contributed by atoms with Crippen LogP contribution in [0.15, 0.2) is 24.3 Å². The zero-order valence-electron chi connectivity index (χ0n) is 15.8. The zero-order valence-corrected chi connectivity index (χ0v) is 18.0. The first-order valence-electron chi connectivity index (χ1n) is 8.28. The Kier molecular flexibility index (Phi) is 8.10. The maximum absolute atomic E-state index is 13.9. The summed E-state index contributed by atoms with van der Waals surface area (Å²) in [7, 11) is 0. The number of hydrogen-bond acceptors (Lipinski definition) is 1. The van der Waals surface area contributed by atoms with Gasteiger partial charge < -0.3 is 5.11 Å². The van der Waals surface area contributed by atoms with E-state index in [0.29, 0.717) is 0 Å². The standard InChI is InChI=1S/C16H8F17IO/c17-9(18,5-8(35)6-2-1-3-7(34)4-6)10(19,20)11(21,22)12(23,24)13(25,26)14(27,28)15(29,30)16(31,32)33/h1-4,8,35H,5H2. The van der Waals surface area contributed by atoms with E-state index in [-0.39, 0.29) is 3.57 Å². The average molecular weight is 666 g/mol. The normalized spacial score (nSPS) is 16.4. The monoisotopic (exact) mass is 666 g/mol. The summed E-state index contributed by atoms with van der Waals surface area (Å²) >= 11 is 1.48. The van der Waals surface area contributed by atoms with Gasteiger partial charge in [-0.05, 0) is 40.3 Å². The van der Waals surface area contributed by atoms with Crippen LogP contribution < -0.4 is 0 Å². The molecule has 0 amide bonds. The van der Waals surface area contributed by atoms with E-state index in [0.717, 1.165) is 18.2 Å². The summed E-state index contributed by atoms with van der Waals surface area (Å²) in [6.45, 7) is 0. The minimum atomic E-state index is -8.67. The molecule has 1 N–H and O–H groups in total. The Hall–Kier alpha value is -1.28. The number of hydrogen-bond donors (Lipinski definition) is 1. The number of alkyl halides is 17. The zero-order chi connectivity index (χ0) is 28.3. The Morgan fingerprint density at radius 1 is 0.600 bits per heavy atom. The van der Waals surface area contributed by atoms with Crippen molar-refractivity contribution in [2.45, 2.75) is 60.2 Å². The van der Waals surface area contributed by atoms with Crippen molar-refractivity contribution in [3.63, 3.8) is 0 Å². The number of rotatable bonds is 9. The van der Waals surface area contributed by atoms with Crippen molar-refractivity contribution in [2.75, 3.05) is 0 Å². The molecule has 0 bridgehead atoms. The molecule has 0 spiro atoms. The van der Waals surface area contributed by atoms with E-state index in [1.54, 1.807) is 0 Å². The summed E-state index contributed by atoms with van der Waals surface area (Å²) in [6.07, 6.45) is -13.6. The Morgan fingerprint density at radius 3 is 1.34 bits per heavy atom. The summed E-state index contributed by atoms with van der Waals surface area (Å²) in [5, 5.41) is 9.56. The predicted molar refractivity (Wildman–Crippen MR) is 89.4 cm³/mol. The van der Waals surface area contributed by atoms with Crippen LogP contribution in [0.25, 0.3) is 0 Å². The van der Waals surface area contributed by atoms with Crippen molar-refractivity contribution in [3.8, 4) is 0 Å². The molecule has 1 aromatic rings. The molecule has 204 valence electrons. The van der Waals surface area contributed by atoms with Crippen LogP contribution in [0.2, 0.25) is 0 Å². The molecular weight excluding hydrogens is 658 g/mol. The Labute approximate surface area is 196 Å². The van der Waals surface area contributed by atoms with Gasteiger partial charge in [-0.3, -0.25) is 0 Å². The third kappa shape index (κ3) is 4.74. The molecule has 0 saturated heterocycles. The summed E-state index contributed by atoms with van der Waals surface area (Å²) in [5.41, 5.74) is -0.718. The van der Waals surface area contributed by atoms with Crippen molar-refractivity contribution in [1.29, 1.82) is 0 Å². The van der Waals surface area contributed by atoms with E-state index in [1.807, 2.05) is 0 Å². The SMILES string of the molecule is OC(CC(F)(F)C(F)(F)C(F)(F)C(F)(F)C(F)(F)C(F)(F)C(F)(F)C(F)(F)F)c1cccc(I)c1. The van der Waals surface area contributed by atoms with Gasteiger partial charge >= 0.3 is 47.6 Å². The highest BCUT2D eigenvalue weighted by Crippen LogP contribution is 2.64. The van der Waals surface area contributed by atoms with Crippen LogP contribution in [-0.4, -0.2) is 52.7 Å². The van der Waals surface area contributed by atoms with Crippen LogP contribution in [-0.2, 0) is 0 Å². The molecule has 1 aromatic carbocycles. The van der Waals surface area contributed by atoms with Gasteiger partial charge in [0.25, 0.3) is 0 Å². The van der Waals surface area contributed by atoms with Crippen molar-refractivity contribution in [3.05, 3.63) is 33.4 Å². The largest absolute Gasteiger partial charge is 0.460 e. The third-order valence-corrected chi connectivity index (χ3v) is 5.14. The van der Waals surface area contributed by atoms with Crippen LogP contribution in [0.1, 0.15) is 18.1 Å². The minimum Gasteiger partial charge on any atom is -0.388 e. The highest BCUT2D eigenvalue weighted by molar-refractivity contribution is 14.1. The third-order valence-electron chi connectivity index (χ3n) is 4.47. The molecule has 0 saturated carbocycles. The summed E-state index contributed by atoms with van der Waals surface area (Å²) < 4.78 is 225. The lowest BCUT2D eigenvalue weighted by atomic mass is 9.87. The highest BCUT2D eigenvalue weighted by atomic mass is 127. The van der Waals surface area contributed by atoms with Crippen LogP contribution in [0.4, 0.5) is 74.6 Å². The van der Waals surface area contributed by atoms with E-state index in [2.05, 4.69) is 0 Å². The smallest absolute Gasteiger partial charge is 0.388 e. The number of halogens is 18. The molecule has 0 aliphatic heterocycles. The number of aliphatic hydroxyl groups is 1. The van der Waals surface area contributed by atoms with Gasteiger partial charge in [0.1, 0.15) is 0 Å². The Morgan fingerprint density at radius 2 is 0.971 bits per heavy atom.